The number of carbonyl (C=O) groups excluding carboxylic acids is 3. The molecule has 0 spiro atoms. The number of hydrogen-bond donors (Lipinski definition) is 2. The summed E-state index contributed by atoms with van der Waals surface area (Å²) >= 11 is 0. The molecule has 0 aromatic heterocycles. The topological polar surface area (TPSA) is 93.7 Å². The zero-order valence-corrected chi connectivity index (χ0v) is 16.5. The standard InChI is InChI=1S/C20H30N2O5/c1-5-9-16(18(23)21-17(12-14(2)3)19(24)26-4)22-20(25)27-13-15-10-7-6-8-11-15/h6-8,10-11,14,16-17H,5,9,12-13H2,1-4H3,(H,21,23)(H,22,25). The van der Waals surface area contributed by atoms with Crippen molar-refractivity contribution in [2.24, 2.45) is 5.92 Å². The minimum Gasteiger partial charge on any atom is -0.467 e. The van der Waals surface area contributed by atoms with Crippen LogP contribution in [0.15, 0.2) is 30.3 Å². The zero-order chi connectivity index (χ0) is 20.2. The molecule has 7 nitrogen and oxygen atoms in total. The molecular weight excluding hydrogens is 348 g/mol. The number of amides is 2. The first-order chi connectivity index (χ1) is 12.9. The highest BCUT2D eigenvalue weighted by atomic mass is 16.5. The third-order valence-electron chi connectivity index (χ3n) is 3.91. The van der Waals surface area contributed by atoms with E-state index in [0.717, 1.165) is 5.56 Å². The van der Waals surface area contributed by atoms with Crippen molar-refractivity contribution in [1.29, 1.82) is 0 Å². The van der Waals surface area contributed by atoms with E-state index in [1.807, 2.05) is 51.1 Å². The van der Waals surface area contributed by atoms with Crippen LogP contribution >= 0.6 is 0 Å². The number of benzene rings is 1. The predicted octanol–water partition coefficient (Wildman–Crippen LogP) is 2.79. The molecule has 1 aromatic rings. The number of ether oxygens (including phenoxy) is 2. The Labute approximate surface area is 160 Å². The van der Waals surface area contributed by atoms with Crippen LogP contribution in [0.25, 0.3) is 0 Å². The lowest BCUT2D eigenvalue weighted by Crippen LogP contribution is -2.52. The number of esters is 1. The van der Waals surface area contributed by atoms with E-state index in [1.165, 1.54) is 7.11 Å². The highest BCUT2D eigenvalue weighted by molar-refractivity contribution is 5.89. The first-order valence-corrected chi connectivity index (χ1v) is 9.22. The van der Waals surface area contributed by atoms with E-state index < -0.39 is 30.1 Å². The highest BCUT2D eigenvalue weighted by Gasteiger charge is 2.27. The Hall–Kier alpha value is -2.57. The largest absolute Gasteiger partial charge is 0.467 e. The van der Waals surface area contributed by atoms with Gasteiger partial charge in [0.15, 0.2) is 0 Å². The molecule has 0 heterocycles. The molecule has 1 aromatic carbocycles. The summed E-state index contributed by atoms with van der Waals surface area (Å²) in [5, 5.41) is 5.26. The van der Waals surface area contributed by atoms with Crippen LogP contribution in [0.3, 0.4) is 0 Å². The van der Waals surface area contributed by atoms with E-state index in [1.54, 1.807) is 0 Å². The van der Waals surface area contributed by atoms with Crippen molar-refractivity contribution in [2.45, 2.75) is 58.7 Å². The molecule has 0 saturated carbocycles. The van der Waals surface area contributed by atoms with E-state index in [4.69, 9.17) is 9.47 Å². The van der Waals surface area contributed by atoms with Gasteiger partial charge in [0.05, 0.1) is 7.11 Å². The number of methoxy groups -OCH3 is 1. The molecule has 0 aliphatic heterocycles. The van der Waals surface area contributed by atoms with Gasteiger partial charge in [-0.1, -0.05) is 57.5 Å². The number of nitrogens with one attached hydrogen (secondary N) is 2. The van der Waals surface area contributed by atoms with Gasteiger partial charge >= 0.3 is 12.1 Å². The van der Waals surface area contributed by atoms with Crippen molar-refractivity contribution < 1.29 is 23.9 Å². The summed E-state index contributed by atoms with van der Waals surface area (Å²) in [5.41, 5.74) is 0.854. The van der Waals surface area contributed by atoms with Crippen LogP contribution in [0.4, 0.5) is 4.79 Å². The first-order valence-electron chi connectivity index (χ1n) is 9.22. The number of rotatable bonds is 10. The molecule has 0 aliphatic rings. The van der Waals surface area contributed by atoms with E-state index in [0.29, 0.717) is 19.3 Å². The fourth-order valence-corrected chi connectivity index (χ4v) is 2.56. The number of alkyl carbamates (subject to hydrolysis) is 1. The van der Waals surface area contributed by atoms with Crippen LogP contribution in [0, 0.1) is 5.92 Å². The van der Waals surface area contributed by atoms with Crippen molar-refractivity contribution in [3.63, 3.8) is 0 Å². The summed E-state index contributed by atoms with van der Waals surface area (Å²) in [6, 6.07) is 7.74. The molecule has 2 atom stereocenters. The van der Waals surface area contributed by atoms with Gasteiger partial charge in [-0.3, -0.25) is 4.79 Å². The van der Waals surface area contributed by atoms with Crippen LogP contribution in [0.2, 0.25) is 0 Å². The van der Waals surface area contributed by atoms with Crippen molar-refractivity contribution in [3.8, 4) is 0 Å². The smallest absolute Gasteiger partial charge is 0.408 e. The molecule has 0 bridgehead atoms. The second-order valence-electron chi connectivity index (χ2n) is 6.76. The molecule has 0 saturated heterocycles. The highest BCUT2D eigenvalue weighted by Crippen LogP contribution is 2.08. The number of hydrogen-bond acceptors (Lipinski definition) is 5. The van der Waals surface area contributed by atoms with Crippen LogP contribution in [-0.2, 0) is 25.7 Å². The van der Waals surface area contributed by atoms with Gasteiger partial charge in [0, 0.05) is 0 Å². The molecule has 2 N–H and O–H groups in total. The lowest BCUT2D eigenvalue weighted by molar-refractivity contribution is -0.145. The third kappa shape index (κ3) is 8.57. The van der Waals surface area contributed by atoms with Crippen molar-refractivity contribution in [3.05, 3.63) is 35.9 Å². The van der Waals surface area contributed by atoms with Gasteiger partial charge in [-0.2, -0.15) is 0 Å². The molecule has 2 unspecified atom stereocenters. The van der Waals surface area contributed by atoms with Crippen molar-refractivity contribution in [2.75, 3.05) is 7.11 Å². The Morgan fingerprint density at radius 2 is 1.70 bits per heavy atom. The Morgan fingerprint density at radius 1 is 1.04 bits per heavy atom. The molecule has 2 amide bonds. The lowest BCUT2D eigenvalue weighted by Gasteiger charge is -2.22. The second-order valence-corrected chi connectivity index (χ2v) is 6.76. The summed E-state index contributed by atoms with van der Waals surface area (Å²) in [6.07, 6.45) is 0.896. The molecule has 7 heteroatoms. The molecule has 0 aliphatic carbocycles. The minimum absolute atomic E-state index is 0.116. The van der Waals surface area contributed by atoms with E-state index in [-0.39, 0.29) is 12.5 Å². The molecule has 1 rings (SSSR count). The Morgan fingerprint density at radius 3 is 2.26 bits per heavy atom. The zero-order valence-electron chi connectivity index (χ0n) is 16.5. The summed E-state index contributed by atoms with van der Waals surface area (Å²) in [4.78, 5) is 36.5. The van der Waals surface area contributed by atoms with Gasteiger partial charge < -0.3 is 20.1 Å². The maximum atomic E-state index is 12.6. The normalized spacial score (nSPS) is 12.8. The van der Waals surface area contributed by atoms with Crippen LogP contribution in [-0.4, -0.2) is 37.2 Å². The summed E-state index contributed by atoms with van der Waals surface area (Å²) < 4.78 is 9.93. The summed E-state index contributed by atoms with van der Waals surface area (Å²) in [7, 11) is 1.28. The van der Waals surface area contributed by atoms with Crippen molar-refractivity contribution >= 4 is 18.0 Å². The van der Waals surface area contributed by atoms with Crippen LogP contribution in [0.1, 0.15) is 45.6 Å². The van der Waals surface area contributed by atoms with E-state index in [2.05, 4.69) is 10.6 Å². The number of carbonyl (C=O) groups is 3. The minimum atomic E-state index is -0.780. The van der Waals surface area contributed by atoms with Gasteiger partial charge in [-0.05, 0) is 24.3 Å². The molecule has 150 valence electrons. The Kier molecular flexibility index (Phi) is 9.93. The molecule has 0 fully saturated rings. The van der Waals surface area contributed by atoms with Gasteiger partial charge in [0.2, 0.25) is 5.91 Å². The summed E-state index contributed by atoms with van der Waals surface area (Å²) in [5.74, 6) is -0.730. The van der Waals surface area contributed by atoms with Crippen LogP contribution < -0.4 is 10.6 Å². The monoisotopic (exact) mass is 378 g/mol. The molecule has 27 heavy (non-hydrogen) atoms. The average Bonchev–Trinajstić information content (AvgIpc) is 2.65. The van der Waals surface area contributed by atoms with Crippen LogP contribution in [0.5, 0.6) is 0 Å². The Bertz CT molecular complexity index is 604. The fraction of sp³-hybridized carbons (Fsp3) is 0.550. The predicted molar refractivity (Wildman–Crippen MR) is 102 cm³/mol. The third-order valence-corrected chi connectivity index (χ3v) is 3.91. The average molecular weight is 378 g/mol. The molecular formula is C20H30N2O5. The molecule has 0 radical (unpaired) electrons. The quantitative estimate of drug-likeness (QED) is 0.611. The fourth-order valence-electron chi connectivity index (χ4n) is 2.56. The SMILES string of the molecule is CCCC(NC(=O)OCc1ccccc1)C(=O)NC(CC(C)C)C(=O)OC. The van der Waals surface area contributed by atoms with Gasteiger partial charge in [-0.25, -0.2) is 9.59 Å². The maximum Gasteiger partial charge on any atom is 0.408 e. The van der Waals surface area contributed by atoms with Gasteiger partial charge in [-0.15, -0.1) is 0 Å². The second kappa shape index (κ2) is 11.9. The van der Waals surface area contributed by atoms with Crippen molar-refractivity contribution in [1.82, 2.24) is 10.6 Å². The van der Waals surface area contributed by atoms with E-state index in [9.17, 15) is 14.4 Å². The maximum absolute atomic E-state index is 12.6. The van der Waals surface area contributed by atoms with E-state index >= 15 is 0 Å². The first kappa shape index (κ1) is 22.5. The summed E-state index contributed by atoms with van der Waals surface area (Å²) in [6.45, 7) is 5.92. The van der Waals surface area contributed by atoms with Gasteiger partial charge in [0.25, 0.3) is 0 Å². The lowest BCUT2D eigenvalue weighted by atomic mass is 10.0. The van der Waals surface area contributed by atoms with Gasteiger partial charge in [0.1, 0.15) is 18.7 Å². The Balaban J connectivity index is 2.64.